The van der Waals surface area contributed by atoms with Crippen LogP contribution in [-0.4, -0.2) is 42.0 Å². The Morgan fingerprint density at radius 3 is 2.91 bits per heavy atom. The molecule has 4 nitrogen and oxygen atoms in total. The standard InChI is InChI=1S/C18H27N3O/c1-18(7-3-9-20-14-18)17(22)21-10-5-15(6-11-21)12-16-4-2-8-19-13-16/h2,4,8,13,15,20H,3,5-7,9-12,14H2,1H3/t18-/m1/s1. The van der Waals surface area contributed by atoms with Crippen molar-refractivity contribution in [2.24, 2.45) is 11.3 Å². The van der Waals surface area contributed by atoms with Gasteiger partial charge >= 0.3 is 0 Å². The molecule has 2 saturated heterocycles. The maximum absolute atomic E-state index is 12.8. The van der Waals surface area contributed by atoms with E-state index in [0.29, 0.717) is 11.8 Å². The van der Waals surface area contributed by atoms with Crippen LogP contribution in [0, 0.1) is 11.3 Å². The zero-order valence-electron chi connectivity index (χ0n) is 13.6. The third-order valence-electron chi connectivity index (χ3n) is 5.26. The van der Waals surface area contributed by atoms with E-state index < -0.39 is 0 Å². The molecule has 4 heteroatoms. The second-order valence-corrected chi connectivity index (χ2v) is 7.14. The lowest BCUT2D eigenvalue weighted by atomic mass is 9.80. The Balaban J connectivity index is 1.52. The molecule has 3 heterocycles. The molecule has 0 unspecified atom stereocenters. The highest BCUT2D eigenvalue weighted by Gasteiger charge is 2.38. The summed E-state index contributed by atoms with van der Waals surface area (Å²) < 4.78 is 0. The summed E-state index contributed by atoms with van der Waals surface area (Å²) in [5.41, 5.74) is 1.13. The monoisotopic (exact) mass is 301 g/mol. The Morgan fingerprint density at radius 1 is 1.45 bits per heavy atom. The molecule has 0 aromatic carbocycles. The molecule has 120 valence electrons. The Labute approximate surface area is 133 Å². The van der Waals surface area contributed by atoms with Gasteiger partial charge in [-0.3, -0.25) is 9.78 Å². The number of carbonyl (C=O) groups is 1. The smallest absolute Gasteiger partial charge is 0.229 e. The third-order valence-corrected chi connectivity index (χ3v) is 5.26. The summed E-state index contributed by atoms with van der Waals surface area (Å²) in [5.74, 6) is 1.05. The van der Waals surface area contributed by atoms with Crippen LogP contribution in [0.2, 0.25) is 0 Å². The number of nitrogens with zero attached hydrogens (tertiary/aromatic N) is 2. The molecule has 0 bridgehead atoms. The van der Waals surface area contributed by atoms with Gasteiger partial charge in [-0.1, -0.05) is 6.07 Å². The largest absolute Gasteiger partial charge is 0.342 e. The number of aromatic nitrogens is 1. The van der Waals surface area contributed by atoms with Crippen LogP contribution in [0.15, 0.2) is 24.5 Å². The second kappa shape index (κ2) is 6.78. The van der Waals surface area contributed by atoms with Crippen molar-refractivity contribution in [1.82, 2.24) is 15.2 Å². The minimum atomic E-state index is -0.186. The highest BCUT2D eigenvalue weighted by Crippen LogP contribution is 2.30. The summed E-state index contributed by atoms with van der Waals surface area (Å²) in [7, 11) is 0. The van der Waals surface area contributed by atoms with Gasteiger partial charge in [-0.25, -0.2) is 0 Å². The number of carbonyl (C=O) groups excluding carboxylic acids is 1. The van der Waals surface area contributed by atoms with Crippen LogP contribution >= 0.6 is 0 Å². The van der Waals surface area contributed by atoms with Crippen molar-refractivity contribution in [2.45, 2.75) is 39.0 Å². The van der Waals surface area contributed by atoms with Gasteiger partial charge < -0.3 is 10.2 Å². The van der Waals surface area contributed by atoms with Crippen molar-refractivity contribution in [3.63, 3.8) is 0 Å². The predicted octanol–water partition coefficient (Wildman–Crippen LogP) is 2.25. The molecule has 1 N–H and O–H groups in total. The molecule has 2 fully saturated rings. The zero-order chi connectivity index (χ0) is 15.4. The number of amides is 1. The van der Waals surface area contributed by atoms with E-state index in [4.69, 9.17) is 0 Å². The Morgan fingerprint density at radius 2 is 2.27 bits per heavy atom. The first kappa shape index (κ1) is 15.5. The van der Waals surface area contributed by atoms with E-state index in [9.17, 15) is 4.79 Å². The molecule has 1 aromatic rings. The first-order valence-corrected chi connectivity index (χ1v) is 8.56. The summed E-state index contributed by atoms with van der Waals surface area (Å²) in [5, 5.41) is 3.38. The lowest BCUT2D eigenvalue weighted by Crippen LogP contribution is -2.52. The third kappa shape index (κ3) is 3.49. The van der Waals surface area contributed by atoms with Gasteiger partial charge in [-0.05, 0) is 63.1 Å². The number of likely N-dealkylation sites (tertiary alicyclic amines) is 1. The molecule has 22 heavy (non-hydrogen) atoms. The van der Waals surface area contributed by atoms with Crippen molar-refractivity contribution in [3.05, 3.63) is 30.1 Å². The van der Waals surface area contributed by atoms with Crippen LogP contribution in [-0.2, 0) is 11.2 Å². The molecule has 0 saturated carbocycles. The van der Waals surface area contributed by atoms with Gasteiger partial charge in [0.15, 0.2) is 0 Å². The Bertz CT molecular complexity index is 488. The van der Waals surface area contributed by atoms with Crippen molar-refractivity contribution < 1.29 is 4.79 Å². The van der Waals surface area contributed by atoms with E-state index in [1.807, 2.05) is 18.5 Å². The van der Waals surface area contributed by atoms with E-state index in [1.54, 1.807) is 0 Å². The first-order valence-electron chi connectivity index (χ1n) is 8.56. The van der Waals surface area contributed by atoms with E-state index in [-0.39, 0.29) is 5.41 Å². The maximum atomic E-state index is 12.8. The normalized spacial score (nSPS) is 26.9. The van der Waals surface area contributed by atoms with Gasteiger partial charge in [0.1, 0.15) is 0 Å². The molecular formula is C18H27N3O. The first-order chi connectivity index (χ1) is 10.7. The molecule has 2 aliphatic rings. The molecule has 3 rings (SSSR count). The molecule has 1 atom stereocenters. The Kier molecular flexibility index (Phi) is 4.77. The highest BCUT2D eigenvalue weighted by atomic mass is 16.2. The lowest BCUT2D eigenvalue weighted by molar-refractivity contribution is -0.143. The van der Waals surface area contributed by atoms with Crippen molar-refractivity contribution in [3.8, 4) is 0 Å². The summed E-state index contributed by atoms with van der Waals surface area (Å²) in [6.45, 7) is 5.85. The van der Waals surface area contributed by atoms with Crippen molar-refractivity contribution >= 4 is 5.91 Å². The van der Waals surface area contributed by atoms with E-state index >= 15 is 0 Å². The fourth-order valence-corrected chi connectivity index (χ4v) is 3.81. The average molecular weight is 301 g/mol. The summed E-state index contributed by atoms with van der Waals surface area (Å²) >= 11 is 0. The van der Waals surface area contributed by atoms with E-state index in [1.165, 1.54) is 5.56 Å². The molecule has 0 spiro atoms. The number of pyridine rings is 1. The van der Waals surface area contributed by atoms with Crippen LogP contribution in [0.5, 0.6) is 0 Å². The molecule has 0 aliphatic carbocycles. The van der Waals surface area contributed by atoms with E-state index in [2.05, 4.69) is 28.2 Å². The minimum absolute atomic E-state index is 0.186. The van der Waals surface area contributed by atoms with Crippen LogP contribution < -0.4 is 5.32 Å². The summed E-state index contributed by atoms with van der Waals surface area (Å²) in [6, 6.07) is 4.16. The molecule has 1 amide bonds. The fraction of sp³-hybridized carbons (Fsp3) is 0.667. The Hall–Kier alpha value is -1.42. The maximum Gasteiger partial charge on any atom is 0.229 e. The van der Waals surface area contributed by atoms with Gasteiger partial charge in [0.2, 0.25) is 5.91 Å². The van der Waals surface area contributed by atoms with Crippen molar-refractivity contribution in [1.29, 1.82) is 0 Å². The summed E-state index contributed by atoms with van der Waals surface area (Å²) in [6.07, 6.45) is 9.24. The van der Waals surface area contributed by atoms with Crippen LogP contribution in [0.3, 0.4) is 0 Å². The average Bonchev–Trinajstić information content (AvgIpc) is 2.56. The highest BCUT2D eigenvalue weighted by molar-refractivity contribution is 5.82. The predicted molar refractivity (Wildman–Crippen MR) is 87.5 cm³/mol. The number of hydrogen-bond acceptors (Lipinski definition) is 3. The SMILES string of the molecule is C[C@@]1(C(=O)N2CCC(Cc3cccnc3)CC2)CCCNC1. The van der Waals surface area contributed by atoms with Gasteiger partial charge in [-0.2, -0.15) is 0 Å². The summed E-state index contributed by atoms with van der Waals surface area (Å²) in [4.78, 5) is 19.1. The van der Waals surface area contributed by atoms with Crippen LogP contribution in [0.4, 0.5) is 0 Å². The quantitative estimate of drug-likeness (QED) is 0.931. The minimum Gasteiger partial charge on any atom is -0.342 e. The molecule has 2 aliphatic heterocycles. The van der Waals surface area contributed by atoms with Crippen molar-refractivity contribution in [2.75, 3.05) is 26.2 Å². The fourth-order valence-electron chi connectivity index (χ4n) is 3.81. The number of hydrogen-bond donors (Lipinski definition) is 1. The van der Waals surface area contributed by atoms with Gasteiger partial charge in [0.25, 0.3) is 0 Å². The van der Waals surface area contributed by atoms with Gasteiger partial charge in [0, 0.05) is 32.0 Å². The lowest BCUT2D eigenvalue weighted by Gasteiger charge is -2.40. The second-order valence-electron chi connectivity index (χ2n) is 7.14. The van der Waals surface area contributed by atoms with E-state index in [0.717, 1.165) is 58.3 Å². The van der Waals surface area contributed by atoms with Gasteiger partial charge in [0.05, 0.1) is 5.41 Å². The van der Waals surface area contributed by atoms with Crippen LogP contribution in [0.25, 0.3) is 0 Å². The molecular weight excluding hydrogens is 274 g/mol. The number of piperidine rings is 2. The number of nitrogens with one attached hydrogen (secondary N) is 1. The van der Waals surface area contributed by atoms with Crippen LogP contribution in [0.1, 0.15) is 38.2 Å². The molecule has 1 aromatic heterocycles. The zero-order valence-corrected chi connectivity index (χ0v) is 13.6. The number of rotatable bonds is 3. The molecule has 0 radical (unpaired) electrons. The topological polar surface area (TPSA) is 45.2 Å². The van der Waals surface area contributed by atoms with Gasteiger partial charge in [-0.15, -0.1) is 0 Å².